The quantitative estimate of drug-likeness (QED) is 0.471. The second kappa shape index (κ2) is 8.74. The molecule has 4 nitrogen and oxygen atoms in total. The fraction of sp³-hybridized carbons (Fsp3) is 0.200. The molecule has 0 saturated carbocycles. The van der Waals surface area contributed by atoms with Gasteiger partial charge in [0.25, 0.3) is 0 Å². The highest BCUT2D eigenvalue weighted by atomic mass is 16.1. The Morgan fingerprint density at radius 2 is 1.48 bits per heavy atom. The van der Waals surface area contributed by atoms with Crippen LogP contribution in [0.15, 0.2) is 84.9 Å². The molecule has 1 N–H and O–H groups in total. The van der Waals surface area contributed by atoms with Crippen LogP contribution in [0.3, 0.4) is 0 Å². The van der Waals surface area contributed by atoms with Gasteiger partial charge >= 0.3 is 0 Å². The molecule has 0 spiro atoms. The number of aryl methyl sites for hydroxylation is 2. The van der Waals surface area contributed by atoms with Crippen LogP contribution >= 0.6 is 0 Å². The maximum absolute atomic E-state index is 13.1. The van der Waals surface area contributed by atoms with E-state index in [-0.39, 0.29) is 11.8 Å². The van der Waals surface area contributed by atoms with Crippen LogP contribution in [0, 0.1) is 6.92 Å². The van der Waals surface area contributed by atoms with E-state index in [0.717, 1.165) is 41.0 Å². The molecule has 4 aromatic rings. The Balaban J connectivity index is 1.43. The average molecular weight is 383 g/mol. The van der Waals surface area contributed by atoms with Crippen LogP contribution in [0.4, 0.5) is 0 Å². The first-order chi connectivity index (χ1) is 14.2. The highest BCUT2D eigenvalue weighted by molar-refractivity contribution is 5.87. The fourth-order valence-corrected chi connectivity index (χ4v) is 3.82. The summed E-state index contributed by atoms with van der Waals surface area (Å²) in [5.41, 5.74) is 4.17. The largest absolute Gasteiger partial charge is 0.355 e. The second-order valence-electron chi connectivity index (χ2n) is 7.20. The first-order valence-electron chi connectivity index (χ1n) is 10.0. The number of carbonyl (C=O) groups is 1. The summed E-state index contributed by atoms with van der Waals surface area (Å²) in [6.07, 6.45) is 0.850. The molecular formula is C25H25N3O. The van der Waals surface area contributed by atoms with Crippen LogP contribution in [0.1, 0.15) is 29.3 Å². The number of nitrogens with one attached hydrogen (secondary N) is 1. The number of hydrogen-bond acceptors (Lipinski definition) is 2. The van der Waals surface area contributed by atoms with Crippen LogP contribution in [0.2, 0.25) is 0 Å². The SMILES string of the molecule is Cc1nc2ccccc2n1CCCNC(=O)C(c1ccccc1)c1ccccc1. The maximum atomic E-state index is 13.1. The molecule has 0 aliphatic rings. The molecule has 0 radical (unpaired) electrons. The summed E-state index contributed by atoms with van der Waals surface area (Å²) in [4.78, 5) is 17.7. The zero-order valence-corrected chi connectivity index (χ0v) is 16.6. The number of amides is 1. The van der Waals surface area contributed by atoms with Gasteiger partial charge in [0.2, 0.25) is 5.91 Å². The summed E-state index contributed by atoms with van der Waals surface area (Å²) in [6.45, 7) is 3.48. The number of hydrogen-bond donors (Lipinski definition) is 1. The van der Waals surface area contributed by atoms with Gasteiger partial charge in [-0.2, -0.15) is 0 Å². The van der Waals surface area contributed by atoms with Crippen LogP contribution in [-0.4, -0.2) is 22.0 Å². The monoisotopic (exact) mass is 383 g/mol. The van der Waals surface area contributed by atoms with Crippen LogP contribution < -0.4 is 5.32 Å². The minimum Gasteiger partial charge on any atom is -0.355 e. The number of imidazole rings is 1. The molecule has 1 amide bonds. The summed E-state index contributed by atoms with van der Waals surface area (Å²) in [6, 6.07) is 28.1. The first-order valence-corrected chi connectivity index (χ1v) is 10.0. The summed E-state index contributed by atoms with van der Waals surface area (Å²) >= 11 is 0. The lowest BCUT2D eigenvalue weighted by atomic mass is 9.90. The van der Waals surface area contributed by atoms with Gasteiger partial charge in [0.05, 0.1) is 17.0 Å². The second-order valence-corrected chi connectivity index (χ2v) is 7.20. The molecule has 3 aromatic carbocycles. The Kier molecular flexibility index (Phi) is 5.71. The molecule has 0 atom stereocenters. The molecule has 4 rings (SSSR count). The van der Waals surface area contributed by atoms with Gasteiger partial charge in [-0.1, -0.05) is 72.8 Å². The third-order valence-electron chi connectivity index (χ3n) is 5.23. The number of aromatic nitrogens is 2. The number of carbonyl (C=O) groups excluding carboxylic acids is 1. The predicted octanol–water partition coefficient (Wildman–Crippen LogP) is 4.68. The number of para-hydroxylation sites is 2. The molecular weight excluding hydrogens is 358 g/mol. The van der Waals surface area contributed by atoms with Crippen molar-refractivity contribution in [2.24, 2.45) is 0 Å². The molecule has 0 aliphatic carbocycles. The van der Waals surface area contributed by atoms with E-state index in [4.69, 9.17) is 0 Å². The van der Waals surface area contributed by atoms with E-state index < -0.39 is 0 Å². The van der Waals surface area contributed by atoms with Gasteiger partial charge in [0.1, 0.15) is 5.82 Å². The lowest BCUT2D eigenvalue weighted by Crippen LogP contribution is -2.31. The van der Waals surface area contributed by atoms with Gasteiger partial charge in [-0.25, -0.2) is 4.98 Å². The van der Waals surface area contributed by atoms with E-state index in [1.807, 2.05) is 85.8 Å². The lowest BCUT2D eigenvalue weighted by molar-refractivity contribution is -0.121. The Morgan fingerprint density at radius 3 is 2.14 bits per heavy atom. The number of rotatable bonds is 7. The van der Waals surface area contributed by atoms with E-state index in [1.165, 1.54) is 0 Å². The van der Waals surface area contributed by atoms with E-state index in [9.17, 15) is 4.79 Å². The predicted molar refractivity (Wildman–Crippen MR) is 117 cm³/mol. The smallest absolute Gasteiger partial charge is 0.232 e. The van der Waals surface area contributed by atoms with Gasteiger partial charge in [0.15, 0.2) is 0 Å². The van der Waals surface area contributed by atoms with Crippen molar-refractivity contribution in [3.05, 3.63) is 102 Å². The van der Waals surface area contributed by atoms with Gasteiger partial charge in [-0.15, -0.1) is 0 Å². The average Bonchev–Trinajstić information content (AvgIpc) is 3.08. The van der Waals surface area contributed by atoms with Crippen LogP contribution in [-0.2, 0) is 11.3 Å². The zero-order valence-electron chi connectivity index (χ0n) is 16.6. The topological polar surface area (TPSA) is 46.9 Å². The van der Waals surface area contributed by atoms with E-state index >= 15 is 0 Å². The van der Waals surface area contributed by atoms with Crippen molar-refractivity contribution >= 4 is 16.9 Å². The molecule has 1 aromatic heterocycles. The molecule has 0 fully saturated rings. The molecule has 0 saturated heterocycles. The van der Waals surface area contributed by atoms with Gasteiger partial charge in [0, 0.05) is 13.1 Å². The Hall–Kier alpha value is -3.40. The van der Waals surface area contributed by atoms with Crippen molar-refractivity contribution in [1.82, 2.24) is 14.9 Å². The molecule has 29 heavy (non-hydrogen) atoms. The number of fused-ring (bicyclic) bond motifs is 1. The van der Waals surface area contributed by atoms with E-state index in [2.05, 4.69) is 20.9 Å². The zero-order chi connectivity index (χ0) is 20.1. The fourth-order valence-electron chi connectivity index (χ4n) is 3.82. The van der Waals surface area contributed by atoms with Gasteiger partial charge < -0.3 is 9.88 Å². The Morgan fingerprint density at radius 1 is 0.897 bits per heavy atom. The summed E-state index contributed by atoms with van der Waals surface area (Å²) in [5.74, 6) is 0.742. The minimum absolute atomic E-state index is 0.0367. The lowest BCUT2D eigenvalue weighted by Gasteiger charge is -2.18. The Labute approximate surface area is 171 Å². The molecule has 0 unspecified atom stereocenters. The third-order valence-corrected chi connectivity index (χ3v) is 5.23. The summed E-state index contributed by atoms with van der Waals surface area (Å²) in [7, 11) is 0. The normalized spacial score (nSPS) is 11.1. The first kappa shape index (κ1) is 18.9. The van der Waals surface area contributed by atoms with Crippen LogP contribution in [0.25, 0.3) is 11.0 Å². The summed E-state index contributed by atoms with van der Waals surface area (Å²) < 4.78 is 2.22. The number of benzene rings is 3. The van der Waals surface area contributed by atoms with Gasteiger partial charge in [-0.05, 0) is 36.6 Å². The minimum atomic E-state index is -0.298. The molecule has 4 heteroatoms. The van der Waals surface area contributed by atoms with E-state index in [0.29, 0.717) is 6.54 Å². The molecule has 146 valence electrons. The van der Waals surface area contributed by atoms with Crippen molar-refractivity contribution in [2.75, 3.05) is 6.54 Å². The van der Waals surface area contributed by atoms with Crippen molar-refractivity contribution in [1.29, 1.82) is 0 Å². The molecule has 0 aliphatic heterocycles. The van der Waals surface area contributed by atoms with Gasteiger partial charge in [-0.3, -0.25) is 4.79 Å². The standard InChI is InChI=1S/C25H25N3O/c1-19-27-22-15-8-9-16-23(22)28(19)18-10-17-26-25(29)24(20-11-4-2-5-12-20)21-13-6-3-7-14-21/h2-9,11-16,24H,10,17-18H2,1H3,(H,26,29). The van der Waals surface area contributed by atoms with Crippen molar-refractivity contribution in [3.63, 3.8) is 0 Å². The maximum Gasteiger partial charge on any atom is 0.232 e. The van der Waals surface area contributed by atoms with Crippen molar-refractivity contribution in [2.45, 2.75) is 25.8 Å². The highest BCUT2D eigenvalue weighted by Gasteiger charge is 2.22. The van der Waals surface area contributed by atoms with E-state index in [1.54, 1.807) is 0 Å². The molecule has 0 bridgehead atoms. The van der Waals surface area contributed by atoms with Crippen molar-refractivity contribution < 1.29 is 4.79 Å². The third kappa shape index (κ3) is 4.21. The molecule has 1 heterocycles. The number of nitrogens with zero attached hydrogens (tertiary/aromatic N) is 2. The summed E-state index contributed by atoms with van der Waals surface area (Å²) in [5, 5.41) is 3.14. The van der Waals surface area contributed by atoms with Crippen LogP contribution in [0.5, 0.6) is 0 Å². The Bertz CT molecular complexity index is 1050. The van der Waals surface area contributed by atoms with Crippen molar-refractivity contribution in [3.8, 4) is 0 Å². The highest BCUT2D eigenvalue weighted by Crippen LogP contribution is 2.24.